The predicted molar refractivity (Wildman–Crippen MR) is 69.1 cm³/mol. The molecule has 1 heterocycles. The summed E-state index contributed by atoms with van der Waals surface area (Å²) >= 11 is 0. The molecule has 1 aromatic carbocycles. The van der Waals surface area contributed by atoms with Crippen molar-refractivity contribution in [1.82, 2.24) is 4.90 Å². The second-order valence-corrected chi connectivity index (χ2v) is 5.62. The van der Waals surface area contributed by atoms with Crippen LogP contribution in [0.2, 0.25) is 0 Å². The van der Waals surface area contributed by atoms with Crippen LogP contribution in [0.1, 0.15) is 18.9 Å². The van der Waals surface area contributed by atoms with Gasteiger partial charge in [0.05, 0.1) is 0 Å². The summed E-state index contributed by atoms with van der Waals surface area (Å²) in [6.45, 7) is 3.27. The van der Waals surface area contributed by atoms with Gasteiger partial charge in [0.25, 0.3) is 10.0 Å². The van der Waals surface area contributed by atoms with Gasteiger partial charge in [-0.1, -0.05) is 12.1 Å². The van der Waals surface area contributed by atoms with E-state index in [9.17, 15) is 8.42 Å². The van der Waals surface area contributed by atoms with E-state index in [2.05, 4.69) is 4.40 Å². The minimum atomic E-state index is -3.55. The number of aliphatic hydroxyl groups is 1. The molecule has 0 aromatic heterocycles. The molecule has 0 amide bonds. The fourth-order valence-corrected chi connectivity index (χ4v) is 3.22. The van der Waals surface area contributed by atoms with Gasteiger partial charge in [-0.05, 0) is 25.5 Å². The van der Waals surface area contributed by atoms with E-state index in [-0.39, 0.29) is 11.5 Å². The van der Waals surface area contributed by atoms with E-state index < -0.39 is 10.0 Å². The highest BCUT2D eigenvalue weighted by molar-refractivity contribution is 7.90. The SMILES string of the molecule is CCN(CCCO)C1=NS(=O)(=O)c2ccccc21. The molecular weight excluding hydrogens is 252 g/mol. The van der Waals surface area contributed by atoms with Crippen molar-refractivity contribution >= 4 is 15.9 Å². The van der Waals surface area contributed by atoms with E-state index in [1.54, 1.807) is 24.3 Å². The molecule has 5 nitrogen and oxygen atoms in total. The maximum atomic E-state index is 11.9. The van der Waals surface area contributed by atoms with Gasteiger partial charge < -0.3 is 10.0 Å². The van der Waals surface area contributed by atoms with E-state index >= 15 is 0 Å². The first-order chi connectivity index (χ1) is 8.60. The Morgan fingerprint density at radius 2 is 2.06 bits per heavy atom. The minimum absolute atomic E-state index is 0.0815. The van der Waals surface area contributed by atoms with Crippen molar-refractivity contribution in [2.24, 2.45) is 4.40 Å². The first-order valence-electron chi connectivity index (χ1n) is 5.90. The van der Waals surface area contributed by atoms with Gasteiger partial charge in [0.1, 0.15) is 4.90 Å². The summed E-state index contributed by atoms with van der Waals surface area (Å²) in [5.41, 5.74) is 0.650. The van der Waals surface area contributed by atoms with Crippen LogP contribution >= 0.6 is 0 Å². The van der Waals surface area contributed by atoms with Gasteiger partial charge in [0.15, 0.2) is 5.84 Å². The normalized spacial score (nSPS) is 16.2. The molecule has 0 unspecified atom stereocenters. The molecule has 0 radical (unpaired) electrons. The first-order valence-corrected chi connectivity index (χ1v) is 7.34. The van der Waals surface area contributed by atoms with Crippen LogP contribution in [0.15, 0.2) is 33.6 Å². The zero-order valence-corrected chi connectivity index (χ0v) is 11.0. The number of fused-ring (bicyclic) bond motifs is 1. The average molecular weight is 268 g/mol. The smallest absolute Gasteiger partial charge is 0.285 e. The number of benzene rings is 1. The fourth-order valence-electron chi connectivity index (χ4n) is 1.99. The third-order valence-corrected chi connectivity index (χ3v) is 4.21. The molecule has 18 heavy (non-hydrogen) atoms. The lowest BCUT2D eigenvalue weighted by Crippen LogP contribution is -2.32. The molecule has 0 spiro atoms. The fraction of sp³-hybridized carbons (Fsp3) is 0.417. The van der Waals surface area contributed by atoms with Gasteiger partial charge in [-0.15, -0.1) is 4.40 Å². The largest absolute Gasteiger partial charge is 0.396 e. The highest BCUT2D eigenvalue weighted by Crippen LogP contribution is 2.27. The number of aliphatic hydroxyl groups excluding tert-OH is 1. The summed E-state index contributed by atoms with van der Waals surface area (Å²) in [7, 11) is -3.55. The summed E-state index contributed by atoms with van der Waals surface area (Å²) < 4.78 is 27.6. The lowest BCUT2D eigenvalue weighted by Gasteiger charge is -2.22. The number of sulfonamides is 1. The van der Waals surface area contributed by atoms with E-state index in [4.69, 9.17) is 5.11 Å². The Morgan fingerprint density at radius 1 is 1.33 bits per heavy atom. The van der Waals surface area contributed by atoms with Crippen molar-refractivity contribution in [3.63, 3.8) is 0 Å². The summed E-state index contributed by atoms with van der Waals surface area (Å²) in [5, 5.41) is 8.87. The monoisotopic (exact) mass is 268 g/mol. The van der Waals surface area contributed by atoms with Crippen molar-refractivity contribution < 1.29 is 13.5 Å². The molecule has 1 N–H and O–H groups in total. The molecule has 0 saturated heterocycles. The van der Waals surface area contributed by atoms with Crippen LogP contribution in [0, 0.1) is 0 Å². The van der Waals surface area contributed by atoms with Gasteiger partial charge in [0.2, 0.25) is 0 Å². The number of amidine groups is 1. The van der Waals surface area contributed by atoms with Crippen molar-refractivity contribution in [2.75, 3.05) is 19.7 Å². The van der Waals surface area contributed by atoms with E-state index in [0.717, 1.165) is 0 Å². The summed E-state index contributed by atoms with van der Waals surface area (Å²) in [4.78, 5) is 2.14. The van der Waals surface area contributed by atoms with Crippen LogP contribution in [0.4, 0.5) is 0 Å². The van der Waals surface area contributed by atoms with Crippen LogP contribution in [0.25, 0.3) is 0 Å². The Bertz CT molecular complexity index is 566. The second kappa shape index (κ2) is 5.07. The number of rotatable bonds is 4. The van der Waals surface area contributed by atoms with Crippen LogP contribution in [-0.4, -0.2) is 44.0 Å². The third-order valence-electron chi connectivity index (χ3n) is 2.88. The van der Waals surface area contributed by atoms with Crippen LogP contribution in [-0.2, 0) is 10.0 Å². The number of hydrogen-bond acceptors (Lipinski definition) is 4. The number of hydrogen-bond donors (Lipinski definition) is 1. The highest BCUT2D eigenvalue weighted by atomic mass is 32.2. The second-order valence-electron chi connectivity index (χ2n) is 4.04. The predicted octanol–water partition coefficient (Wildman–Crippen LogP) is 0.840. The minimum Gasteiger partial charge on any atom is -0.396 e. The van der Waals surface area contributed by atoms with Gasteiger partial charge in [0, 0.05) is 25.3 Å². The van der Waals surface area contributed by atoms with Gasteiger partial charge >= 0.3 is 0 Å². The van der Waals surface area contributed by atoms with Gasteiger partial charge in [-0.3, -0.25) is 0 Å². The summed E-state index contributed by atoms with van der Waals surface area (Å²) in [5.74, 6) is 0.488. The highest BCUT2D eigenvalue weighted by Gasteiger charge is 2.30. The maximum Gasteiger partial charge on any atom is 0.285 e. The summed E-state index contributed by atoms with van der Waals surface area (Å²) in [6.07, 6.45) is 0.592. The molecule has 1 aromatic rings. The van der Waals surface area contributed by atoms with E-state index in [0.29, 0.717) is 30.9 Å². The zero-order valence-electron chi connectivity index (χ0n) is 10.2. The molecule has 0 aliphatic carbocycles. The molecule has 0 atom stereocenters. The van der Waals surface area contributed by atoms with Crippen LogP contribution in [0.3, 0.4) is 0 Å². The van der Waals surface area contributed by atoms with Crippen molar-refractivity contribution in [3.05, 3.63) is 29.8 Å². The Hall–Kier alpha value is -1.40. The van der Waals surface area contributed by atoms with Crippen molar-refractivity contribution in [1.29, 1.82) is 0 Å². The number of nitrogens with zero attached hydrogens (tertiary/aromatic N) is 2. The molecule has 1 aliphatic rings. The Morgan fingerprint density at radius 3 is 2.72 bits per heavy atom. The quantitative estimate of drug-likeness (QED) is 0.878. The van der Waals surface area contributed by atoms with E-state index in [1.807, 2.05) is 11.8 Å². The first kappa shape index (κ1) is 13.0. The molecule has 1 aliphatic heterocycles. The topological polar surface area (TPSA) is 70.0 Å². The summed E-state index contributed by atoms with van der Waals surface area (Å²) in [6, 6.07) is 6.83. The Labute approximate surface area is 107 Å². The van der Waals surface area contributed by atoms with Crippen molar-refractivity contribution in [2.45, 2.75) is 18.2 Å². The molecule has 98 valence electrons. The maximum absolute atomic E-state index is 11.9. The van der Waals surface area contributed by atoms with Crippen LogP contribution < -0.4 is 0 Å². The third kappa shape index (κ3) is 2.26. The molecule has 0 saturated carbocycles. The average Bonchev–Trinajstić information content (AvgIpc) is 2.64. The van der Waals surface area contributed by atoms with Gasteiger partial charge in [-0.25, -0.2) is 0 Å². The molecule has 0 fully saturated rings. The standard InChI is InChI=1S/C12H16N2O3S/c1-2-14(8-5-9-15)12-10-6-3-4-7-11(10)18(16,17)13-12/h3-4,6-7,15H,2,5,8-9H2,1H3. The zero-order chi connectivity index (χ0) is 13.2. The van der Waals surface area contributed by atoms with E-state index in [1.165, 1.54) is 0 Å². The Kier molecular flexibility index (Phi) is 3.68. The lowest BCUT2D eigenvalue weighted by atomic mass is 10.2. The van der Waals surface area contributed by atoms with Gasteiger partial charge in [-0.2, -0.15) is 8.42 Å². The molecular formula is C12H16N2O3S. The Balaban J connectivity index is 2.40. The molecule has 6 heteroatoms. The van der Waals surface area contributed by atoms with Crippen LogP contribution in [0.5, 0.6) is 0 Å². The molecule has 2 rings (SSSR count). The van der Waals surface area contributed by atoms with Crippen molar-refractivity contribution in [3.8, 4) is 0 Å². The lowest BCUT2D eigenvalue weighted by molar-refractivity contribution is 0.269. The molecule has 0 bridgehead atoms.